The van der Waals surface area contributed by atoms with E-state index in [-0.39, 0.29) is 5.56 Å². The van der Waals surface area contributed by atoms with Gasteiger partial charge in [0, 0.05) is 12.1 Å². The Balaban J connectivity index is 2.73. The summed E-state index contributed by atoms with van der Waals surface area (Å²) in [5.41, 5.74) is 3.41. The Morgan fingerprint density at radius 2 is 1.88 bits per heavy atom. The number of hydrogen-bond donors (Lipinski definition) is 0. The zero-order valence-electron chi connectivity index (χ0n) is 9.90. The molecule has 0 fully saturated rings. The van der Waals surface area contributed by atoms with Crippen molar-refractivity contribution in [1.29, 1.82) is 0 Å². The van der Waals surface area contributed by atoms with Crippen molar-refractivity contribution in [1.82, 2.24) is 4.57 Å². The highest BCUT2D eigenvalue weighted by Crippen LogP contribution is 2.22. The molecule has 0 aliphatic rings. The molecule has 0 bridgehead atoms. The van der Waals surface area contributed by atoms with Crippen molar-refractivity contribution in [2.45, 2.75) is 20.4 Å². The van der Waals surface area contributed by atoms with Gasteiger partial charge in [0.05, 0.1) is 9.26 Å². The van der Waals surface area contributed by atoms with Gasteiger partial charge in [0.2, 0.25) is 0 Å². The van der Waals surface area contributed by atoms with Crippen molar-refractivity contribution >= 4 is 22.6 Å². The molecule has 0 aliphatic carbocycles. The molecule has 0 amide bonds. The second-order valence-electron chi connectivity index (χ2n) is 3.93. The van der Waals surface area contributed by atoms with Crippen molar-refractivity contribution in [2.24, 2.45) is 0 Å². The van der Waals surface area contributed by atoms with Crippen molar-refractivity contribution in [3.8, 4) is 11.3 Å². The summed E-state index contributed by atoms with van der Waals surface area (Å²) in [4.78, 5) is 12.1. The van der Waals surface area contributed by atoms with Crippen molar-refractivity contribution in [3.63, 3.8) is 0 Å². The van der Waals surface area contributed by atoms with Crippen LogP contribution in [0.4, 0.5) is 0 Å². The van der Waals surface area contributed by atoms with Crippen LogP contribution in [0, 0.1) is 10.5 Å². The second-order valence-corrected chi connectivity index (χ2v) is 5.09. The molecule has 0 N–H and O–H groups in total. The third-order valence-electron chi connectivity index (χ3n) is 2.87. The Bertz CT molecular complexity index is 601. The highest BCUT2D eigenvalue weighted by Gasteiger charge is 2.09. The van der Waals surface area contributed by atoms with Crippen LogP contribution in [0.15, 0.2) is 41.2 Å². The molecule has 0 saturated carbocycles. The van der Waals surface area contributed by atoms with Gasteiger partial charge in [-0.2, -0.15) is 0 Å². The van der Waals surface area contributed by atoms with Crippen molar-refractivity contribution < 1.29 is 0 Å². The van der Waals surface area contributed by atoms with Gasteiger partial charge in [-0.3, -0.25) is 4.79 Å². The van der Waals surface area contributed by atoms with E-state index >= 15 is 0 Å². The van der Waals surface area contributed by atoms with E-state index in [1.807, 2.05) is 35.8 Å². The van der Waals surface area contributed by atoms with E-state index in [1.54, 1.807) is 0 Å². The molecule has 1 heterocycles. The lowest BCUT2D eigenvalue weighted by Gasteiger charge is -2.13. The third-order valence-corrected chi connectivity index (χ3v) is 3.69. The Labute approximate surface area is 114 Å². The minimum absolute atomic E-state index is 0.0915. The van der Waals surface area contributed by atoms with Crippen LogP contribution in [0.25, 0.3) is 11.3 Å². The molecule has 2 aromatic rings. The summed E-state index contributed by atoms with van der Waals surface area (Å²) in [6, 6.07) is 12.1. The predicted molar refractivity (Wildman–Crippen MR) is 79.3 cm³/mol. The fraction of sp³-hybridized carbons (Fsp3) is 0.214. The van der Waals surface area contributed by atoms with Crippen LogP contribution in [0.1, 0.15) is 12.5 Å². The number of hydrogen-bond acceptors (Lipinski definition) is 1. The standard InChI is InChI=1S/C14H14INO/c1-3-16-13(9-8-12(15)14(16)17)11-7-5-4-6-10(11)2/h4-9H,3H2,1-2H3. The van der Waals surface area contributed by atoms with Gasteiger partial charge in [0.15, 0.2) is 0 Å². The zero-order chi connectivity index (χ0) is 12.4. The van der Waals surface area contributed by atoms with Crippen LogP contribution < -0.4 is 5.56 Å². The summed E-state index contributed by atoms with van der Waals surface area (Å²) in [6.45, 7) is 4.76. The summed E-state index contributed by atoms with van der Waals surface area (Å²) in [5.74, 6) is 0. The van der Waals surface area contributed by atoms with E-state index in [0.29, 0.717) is 6.54 Å². The summed E-state index contributed by atoms with van der Waals surface area (Å²) in [6.07, 6.45) is 0. The summed E-state index contributed by atoms with van der Waals surface area (Å²) >= 11 is 2.08. The molecule has 2 nitrogen and oxygen atoms in total. The van der Waals surface area contributed by atoms with Crippen LogP contribution in [0.3, 0.4) is 0 Å². The van der Waals surface area contributed by atoms with Gasteiger partial charge < -0.3 is 4.57 Å². The number of pyridine rings is 1. The van der Waals surface area contributed by atoms with Crippen LogP contribution in [0.2, 0.25) is 0 Å². The summed E-state index contributed by atoms with van der Waals surface area (Å²) < 4.78 is 2.59. The van der Waals surface area contributed by atoms with Crippen LogP contribution >= 0.6 is 22.6 Å². The maximum absolute atomic E-state index is 12.1. The topological polar surface area (TPSA) is 22.0 Å². The minimum atomic E-state index is 0.0915. The SMILES string of the molecule is CCn1c(-c2ccccc2C)ccc(I)c1=O. The minimum Gasteiger partial charge on any atom is -0.308 e. The normalized spacial score (nSPS) is 10.5. The van der Waals surface area contributed by atoms with Gasteiger partial charge >= 0.3 is 0 Å². The van der Waals surface area contributed by atoms with Gasteiger partial charge in [-0.15, -0.1) is 0 Å². The monoisotopic (exact) mass is 339 g/mol. The quantitative estimate of drug-likeness (QED) is 0.769. The van der Waals surface area contributed by atoms with Gasteiger partial charge in [-0.25, -0.2) is 0 Å². The molecular weight excluding hydrogens is 325 g/mol. The lowest BCUT2D eigenvalue weighted by Crippen LogP contribution is -2.23. The molecule has 2 rings (SSSR count). The largest absolute Gasteiger partial charge is 0.308 e. The molecule has 1 aromatic heterocycles. The maximum atomic E-state index is 12.1. The Kier molecular flexibility index (Phi) is 3.66. The smallest absolute Gasteiger partial charge is 0.264 e. The summed E-state index contributed by atoms with van der Waals surface area (Å²) in [7, 11) is 0. The lowest BCUT2D eigenvalue weighted by molar-refractivity contribution is 0.731. The first-order chi connectivity index (χ1) is 8.15. The molecule has 17 heavy (non-hydrogen) atoms. The van der Waals surface area contributed by atoms with E-state index in [9.17, 15) is 4.79 Å². The molecular formula is C14H14INO. The molecule has 0 aliphatic heterocycles. The van der Waals surface area contributed by atoms with Gasteiger partial charge in [0.25, 0.3) is 5.56 Å². The van der Waals surface area contributed by atoms with Crippen molar-refractivity contribution in [2.75, 3.05) is 0 Å². The Hall–Kier alpha value is -1.10. The number of rotatable bonds is 2. The number of aryl methyl sites for hydroxylation is 1. The first kappa shape index (κ1) is 12.4. The Morgan fingerprint density at radius 3 is 2.53 bits per heavy atom. The lowest BCUT2D eigenvalue weighted by atomic mass is 10.0. The van der Waals surface area contributed by atoms with Crippen LogP contribution in [0.5, 0.6) is 0 Å². The Morgan fingerprint density at radius 1 is 1.18 bits per heavy atom. The van der Waals surface area contributed by atoms with Crippen LogP contribution in [-0.2, 0) is 6.54 Å². The number of halogens is 1. The average Bonchev–Trinajstić information content (AvgIpc) is 2.33. The van der Waals surface area contributed by atoms with E-state index in [1.165, 1.54) is 5.56 Å². The highest BCUT2D eigenvalue weighted by molar-refractivity contribution is 14.1. The number of aromatic nitrogens is 1. The summed E-state index contributed by atoms with van der Waals surface area (Å²) in [5, 5.41) is 0. The third kappa shape index (κ3) is 2.29. The molecule has 88 valence electrons. The first-order valence-electron chi connectivity index (χ1n) is 5.60. The van der Waals surface area contributed by atoms with E-state index in [4.69, 9.17) is 0 Å². The van der Waals surface area contributed by atoms with Gasteiger partial charge in [0.1, 0.15) is 0 Å². The molecule has 0 unspecified atom stereocenters. The fourth-order valence-corrected chi connectivity index (χ4v) is 2.43. The van der Waals surface area contributed by atoms with E-state index in [2.05, 4.69) is 41.6 Å². The molecule has 1 aromatic carbocycles. The molecule has 0 atom stereocenters. The van der Waals surface area contributed by atoms with E-state index in [0.717, 1.165) is 14.8 Å². The average molecular weight is 339 g/mol. The number of nitrogens with zero attached hydrogens (tertiary/aromatic N) is 1. The van der Waals surface area contributed by atoms with E-state index < -0.39 is 0 Å². The molecule has 0 saturated heterocycles. The molecule has 0 spiro atoms. The zero-order valence-corrected chi connectivity index (χ0v) is 12.1. The van der Waals surface area contributed by atoms with Gasteiger partial charge in [-0.1, -0.05) is 24.3 Å². The fourth-order valence-electron chi connectivity index (χ4n) is 1.96. The van der Waals surface area contributed by atoms with Crippen LogP contribution in [-0.4, -0.2) is 4.57 Å². The van der Waals surface area contributed by atoms with Gasteiger partial charge in [-0.05, 0) is 54.1 Å². The molecule has 3 heteroatoms. The highest BCUT2D eigenvalue weighted by atomic mass is 127. The predicted octanol–water partition coefficient (Wildman–Crippen LogP) is 3.45. The first-order valence-corrected chi connectivity index (χ1v) is 6.68. The van der Waals surface area contributed by atoms with Crippen molar-refractivity contribution in [3.05, 3.63) is 55.9 Å². The molecule has 0 radical (unpaired) electrons. The number of benzene rings is 1. The second kappa shape index (κ2) is 5.04. The maximum Gasteiger partial charge on any atom is 0.264 e.